The number of nitrogens with one attached hydrogen (secondary N) is 1. The minimum atomic E-state index is -0.626. The normalized spacial score (nSPS) is 13.1. The van der Waals surface area contributed by atoms with Crippen LogP contribution in [0.15, 0.2) is 44.6 Å². The summed E-state index contributed by atoms with van der Waals surface area (Å²) in [4.78, 5) is 28.4. The highest BCUT2D eigenvalue weighted by Crippen LogP contribution is 2.30. The fourth-order valence-electron chi connectivity index (χ4n) is 3.93. The molecule has 2 heterocycles. The molecule has 4 rings (SSSR count). The van der Waals surface area contributed by atoms with Crippen LogP contribution in [0.3, 0.4) is 0 Å². The number of Topliss-reactive ketones (excluding diaryl/α,β-unsaturated/α-hetero) is 1. The fraction of sp³-hybridized carbons (Fsp3) is 0.304. The third kappa shape index (κ3) is 3.70. The van der Waals surface area contributed by atoms with E-state index in [0.717, 1.165) is 43.4 Å². The second-order valence-electron chi connectivity index (χ2n) is 7.13. The Balaban J connectivity index is 1.64. The maximum Gasteiger partial charge on any atom is 0.347 e. The number of hydrogen-bond acceptors (Lipinski definition) is 5. The zero-order valence-corrected chi connectivity index (χ0v) is 17.0. The van der Waals surface area contributed by atoms with E-state index in [-0.39, 0.29) is 17.1 Å². The van der Waals surface area contributed by atoms with Crippen LogP contribution in [0.4, 0.5) is 0 Å². The summed E-state index contributed by atoms with van der Waals surface area (Å²) >= 11 is 1.28. The zero-order valence-electron chi connectivity index (χ0n) is 16.2. The molecule has 1 N–H and O–H groups in total. The van der Waals surface area contributed by atoms with Crippen LogP contribution in [0.5, 0.6) is 0 Å². The highest BCUT2D eigenvalue weighted by atomic mass is 32.2. The SMILES string of the molecule is CCc1[nH+]c(SCC(=O)c2cc3ccccc3oc2=O)c(C#N)c2c1CCCC2. The van der Waals surface area contributed by atoms with Crippen molar-refractivity contribution in [1.29, 1.82) is 5.26 Å². The van der Waals surface area contributed by atoms with Gasteiger partial charge in [0.1, 0.15) is 22.8 Å². The molecule has 6 heteroatoms. The number of nitrogens with zero attached hydrogens (tertiary/aromatic N) is 1. The molecule has 2 aromatic heterocycles. The lowest BCUT2D eigenvalue weighted by molar-refractivity contribution is -0.438. The number of H-pyrrole nitrogens is 1. The first-order valence-corrected chi connectivity index (χ1v) is 10.8. The molecule has 0 radical (unpaired) electrons. The summed E-state index contributed by atoms with van der Waals surface area (Å²) < 4.78 is 5.28. The van der Waals surface area contributed by atoms with Gasteiger partial charge in [-0.3, -0.25) is 4.79 Å². The second-order valence-corrected chi connectivity index (χ2v) is 8.12. The van der Waals surface area contributed by atoms with Gasteiger partial charge in [0.05, 0.1) is 5.75 Å². The maximum absolute atomic E-state index is 12.7. The number of benzene rings is 1. The van der Waals surface area contributed by atoms with Crippen LogP contribution >= 0.6 is 11.8 Å². The van der Waals surface area contributed by atoms with E-state index in [2.05, 4.69) is 18.0 Å². The highest BCUT2D eigenvalue weighted by molar-refractivity contribution is 7.99. The number of hydrogen-bond donors (Lipinski definition) is 0. The lowest BCUT2D eigenvalue weighted by Gasteiger charge is -2.17. The third-order valence-corrected chi connectivity index (χ3v) is 6.38. The molecule has 3 aromatic rings. The third-order valence-electron chi connectivity index (χ3n) is 5.38. The average Bonchev–Trinajstić information content (AvgIpc) is 2.76. The number of nitriles is 1. The molecule has 0 unspecified atom stereocenters. The molecule has 0 spiro atoms. The molecular weight excluding hydrogens is 384 g/mol. The Morgan fingerprint density at radius 1 is 1.24 bits per heavy atom. The Bertz CT molecular complexity index is 1210. The molecule has 0 aliphatic heterocycles. The van der Waals surface area contributed by atoms with Crippen LogP contribution in [0.1, 0.15) is 52.5 Å². The van der Waals surface area contributed by atoms with Crippen molar-refractivity contribution in [3.05, 3.63) is 68.7 Å². The molecule has 1 aliphatic carbocycles. The first-order valence-electron chi connectivity index (χ1n) is 9.81. The number of aromatic nitrogens is 1. The summed E-state index contributed by atoms with van der Waals surface area (Å²) in [5.41, 5.74) is 4.04. The standard InChI is InChI=1S/C23H20N2O3S/c1-2-19-16-9-5-4-8-15(16)18(12-24)22(25-19)29-13-20(26)17-11-14-7-3-6-10-21(14)28-23(17)27/h3,6-7,10-11H,2,4-5,8-9,13H2,1H3/p+1. The van der Waals surface area contributed by atoms with E-state index >= 15 is 0 Å². The maximum atomic E-state index is 12.7. The first-order chi connectivity index (χ1) is 14.1. The Morgan fingerprint density at radius 3 is 2.76 bits per heavy atom. The minimum absolute atomic E-state index is 0.0448. The molecule has 0 bridgehead atoms. The summed E-state index contributed by atoms with van der Waals surface area (Å²) in [5, 5.41) is 11.2. The van der Waals surface area contributed by atoms with Crippen LogP contribution < -0.4 is 10.6 Å². The molecule has 29 heavy (non-hydrogen) atoms. The minimum Gasteiger partial charge on any atom is -0.422 e. The average molecular weight is 405 g/mol. The van der Waals surface area contributed by atoms with Crippen molar-refractivity contribution < 1.29 is 14.2 Å². The van der Waals surface area contributed by atoms with Gasteiger partial charge in [0.15, 0.2) is 11.5 Å². The van der Waals surface area contributed by atoms with Gasteiger partial charge in [-0.15, -0.1) is 0 Å². The lowest BCUT2D eigenvalue weighted by atomic mass is 9.87. The number of thioether (sulfide) groups is 1. The summed E-state index contributed by atoms with van der Waals surface area (Å²) in [5.74, 6) is -0.237. The van der Waals surface area contributed by atoms with E-state index in [1.165, 1.54) is 17.3 Å². The quantitative estimate of drug-likeness (QED) is 0.365. The Labute approximate surface area is 172 Å². The first kappa shape index (κ1) is 19.4. The summed E-state index contributed by atoms with van der Waals surface area (Å²) in [7, 11) is 0. The largest absolute Gasteiger partial charge is 0.422 e. The van der Waals surface area contributed by atoms with Gasteiger partial charge in [-0.25, -0.2) is 9.78 Å². The number of pyridine rings is 1. The van der Waals surface area contributed by atoms with E-state index in [1.807, 2.05) is 6.07 Å². The summed E-state index contributed by atoms with van der Waals surface area (Å²) in [6, 6.07) is 11.0. The van der Waals surface area contributed by atoms with Crippen LogP contribution in [-0.2, 0) is 19.3 Å². The monoisotopic (exact) mass is 405 g/mol. The summed E-state index contributed by atoms with van der Waals surface area (Å²) in [6.45, 7) is 2.09. The van der Waals surface area contributed by atoms with E-state index in [4.69, 9.17) is 4.42 Å². The van der Waals surface area contributed by atoms with Crippen molar-refractivity contribution >= 4 is 28.5 Å². The Kier molecular flexibility index (Phi) is 5.50. The number of ketones is 1. The molecule has 1 aliphatic rings. The van der Waals surface area contributed by atoms with Crippen molar-refractivity contribution in [3.63, 3.8) is 0 Å². The van der Waals surface area contributed by atoms with Gasteiger partial charge < -0.3 is 4.42 Å². The van der Waals surface area contributed by atoms with Gasteiger partial charge >= 0.3 is 5.63 Å². The predicted molar refractivity (Wildman–Crippen MR) is 111 cm³/mol. The van der Waals surface area contributed by atoms with E-state index in [1.54, 1.807) is 24.3 Å². The number of fused-ring (bicyclic) bond motifs is 2. The Morgan fingerprint density at radius 2 is 2.00 bits per heavy atom. The molecule has 0 atom stereocenters. The molecule has 5 nitrogen and oxygen atoms in total. The molecule has 0 fully saturated rings. The van der Waals surface area contributed by atoms with Crippen LogP contribution in [0.2, 0.25) is 0 Å². The van der Waals surface area contributed by atoms with E-state index in [0.29, 0.717) is 21.6 Å². The van der Waals surface area contributed by atoms with Crippen molar-refractivity contribution in [2.75, 3.05) is 5.75 Å². The number of aryl methyl sites for hydroxylation is 1. The number of rotatable bonds is 5. The van der Waals surface area contributed by atoms with E-state index < -0.39 is 5.63 Å². The van der Waals surface area contributed by atoms with Crippen molar-refractivity contribution in [3.8, 4) is 6.07 Å². The Hall–Kier alpha value is -2.91. The van der Waals surface area contributed by atoms with Crippen molar-refractivity contribution in [1.82, 2.24) is 0 Å². The number of carbonyl (C=O) groups is 1. The van der Waals surface area contributed by atoms with Crippen LogP contribution in [0, 0.1) is 11.3 Å². The van der Waals surface area contributed by atoms with Gasteiger partial charge in [-0.05, 0) is 55.1 Å². The molecule has 146 valence electrons. The lowest BCUT2D eigenvalue weighted by Crippen LogP contribution is -2.24. The van der Waals surface area contributed by atoms with Crippen molar-refractivity contribution in [2.45, 2.75) is 44.1 Å². The number of para-hydroxylation sites is 1. The molecular formula is C23H21N2O3S+. The second kappa shape index (κ2) is 8.22. The summed E-state index contributed by atoms with van der Waals surface area (Å²) in [6.07, 6.45) is 4.96. The molecule has 0 saturated carbocycles. The fourth-order valence-corrected chi connectivity index (χ4v) is 4.87. The van der Waals surface area contributed by atoms with Gasteiger partial charge in [-0.2, -0.15) is 5.26 Å². The number of carbonyl (C=O) groups excluding carboxylic acids is 1. The molecule has 0 amide bonds. The number of aromatic amines is 1. The molecule has 1 aromatic carbocycles. The van der Waals surface area contributed by atoms with Gasteiger partial charge in [0.25, 0.3) is 5.03 Å². The van der Waals surface area contributed by atoms with Gasteiger partial charge in [0, 0.05) is 17.4 Å². The smallest absolute Gasteiger partial charge is 0.347 e. The molecule has 0 saturated heterocycles. The predicted octanol–water partition coefficient (Wildman–Crippen LogP) is 3.89. The van der Waals surface area contributed by atoms with Gasteiger partial charge in [0.2, 0.25) is 0 Å². The van der Waals surface area contributed by atoms with Crippen LogP contribution in [0.25, 0.3) is 11.0 Å². The van der Waals surface area contributed by atoms with Crippen molar-refractivity contribution in [2.24, 2.45) is 0 Å². The van der Waals surface area contributed by atoms with Crippen LogP contribution in [-0.4, -0.2) is 11.5 Å². The highest BCUT2D eigenvalue weighted by Gasteiger charge is 2.27. The van der Waals surface area contributed by atoms with E-state index in [9.17, 15) is 14.9 Å². The topological polar surface area (TPSA) is 85.2 Å². The van der Waals surface area contributed by atoms with Gasteiger partial charge in [-0.1, -0.05) is 25.1 Å². The zero-order chi connectivity index (χ0) is 20.4.